The van der Waals surface area contributed by atoms with Crippen molar-refractivity contribution >= 4 is 17.7 Å². The first-order valence-electron chi connectivity index (χ1n) is 6.70. The van der Waals surface area contributed by atoms with Crippen LogP contribution in [0.5, 0.6) is 0 Å². The molecule has 1 aliphatic heterocycles. The third-order valence-corrected chi connectivity index (χ3v) is 3.81. The minimum atomic E-state index is -1.86. The fourth-order valence-corrected chi connectivity index (χ4v) is 2.77. The number of allylic oxidation sites excluding steroid dienone is 2. The van der Waals surface area contributed by atoms with E-state index in [2.05, 4.69) is 10.6 Å². The summed E-state index contributed by atoms with van der Waals surface area (Å²) < 4.78 is 0. The second-order valence-electron chi connectivity index (χ2n) is 5.31. The molecule has 7 nitrogen and oxygen atoms in total. The third kappa shape index (κ3) is 2.74. The number of aliphatic hydroxyl groups is 1. The Morgan fingerprint density at radius 1 is 1.33 bits per heavy atom. The lowest BCUT2D eigenvalue weighted by molar-refractivity contribution is -0.153. The van der Waals surface area contributed by atoms with E-state index in [1.54, 1.807) is 6.08 Å². The van der Waals surface area contributed by atoms with Gasteiger partial charge in [0.25, 0.3) is 0 Å². The zero-order valence-corrected chi connectivity index (χ0v) is 11.6. The summed E-state index contributed by atoms with van der Waals surface area (Å²) in [6, 6.07) is -1.70. The van der Waals surface area contributed by atoms with E-state index in [-0.39, 0.29) is 13.0 Å². The van der Waals surface area contributed by atoms with Crippen molar-refractivity contribution < 1.29 is 24.6 Å². The number of ketones is 1. The summed E-state index contributed by atoms with van der Waals surface area (Å²) in [4.78, 5) is 35.8. The number of carboxylic acid groups (broad SMARTS) is 1. The predicted molar refractivity (Wildman–Crippen MR) is 73.4 cm³/mol. The molecule has 0 saturated carbocycles. The number of nitrogens with one attached hydrogen (secondary N) is 2. The van der Waals surface area contributed by atoms with Gasteiger partial charge in [-0.3, -0.25) is 14.4 Å². The van der Waals surface area contributed by atoms with Crippen LogP contribution in [0.15, 0.2) is 24.3 Å². The number of Topliss-reactive ketones (excluding diaryl/α,β-unsaturated/α-hetero) is 1. The zero-order chi connectivity index (χ0) is 15.6. The SMILES string of the molecule is CC(=O)NC1C=CC=CC1(C(=O)O)C(=O)[C@@H]1C[C@@H](O)CN1. The highest BCUT2D eigenvalue weighted by molar-refractivity contribution is 6.09. The van der Waals surface area contributed by atoms with Crippen molar-refractivity contribution in [2.24, 2.45) is 5.41 Å². The highest BCUT2D eigenvalue weighted by atomic mass is 16.4. The Kier molecular flexibility index (Phi) is 4.24. The summed E-state index contributed by atoms with van der Waals surface area (Å²) in [7, 11) is 0. The van der Waals surface area contributed by atoms with Gasteiger partial charge in [-0.15, -0.1) is 0 Å². The van der Waals surface area contributed by atoms with E-state index >= 15 is 0 Å². The molecule has 1 amide bonds. The quantitative estimate of drug-likeness (QED) is 0.493. The second kappa shape index (κ2) is 5.79. The molecule has 1 aliphatic carbocycles. The summed E-state index contributed by atoms with van der Waals surface area (Å²) in [5, 5.41) is 24.5. The van der Waals surface area contributed by atoms with E-state index in [1.807, 2.05) is 0 Å². The molecule has 114 valence electrons. The molecule has 0 spiro atoms. The van der Waals surface area contributed by atoms with Gasteiger partial charge in [-0.2, -0.15) is 0 Å². The van der Waals surface area contributed by atoms with Crippen LogP contribution in [-0.2, 0) is 14.4 Å². The Balaban J connectivity index is 2.36. The summed E-state index contributed by atoms with van der Waals surface area (Å²) in [5.74, 6) is -2.31. The average molecular weight is 294 g/mol. The molecular formula is C14H18N2O5. The Bertz CT molecular complexity index is 527. The van der Waals surface area contributed by atoms with Gasteiger partial charge in [-0.25, -0.2) is 0 Å². The van der Waals surface area contributed by atoms with Gasteiger partial charge in [0.2, 0.25) is 5.91 Å². The molecule has 2 unspecified atom stereocenters. The van der Waals surface area contributed by atoms with E-state index in [1.165, 1.54) is 25.2 Å². The molecule has 7 heteroatoms. The molecule has 0 aromatic rings. The molecule has 1 saturated heterocycles. The number of amides is 1. The lowest BCUT2D eigenvalue weighted by Crippen LogP contribution is -2.58. The van der Waals surface area contributed by atoms with Crippen LogP contribution in [0.25, 0.3) is 0 Å². The normalized spacial score (nSPS) is 34.7. The largest absolute Gasteiger partial charge is 0.480 e. The van der Waals surface area contributed by atoms with Crippen molar-refractivity contribution in [3.8, 4) is 0 Å². The van der Waals surface area contributed by atoms with Gasteiger partial charge >= 0.3 is 5.97 Å². The van der Waals surface area contributed by atoms with Crippen molar-refractivity contribution in [1.82, 2.24) is 10.6 Å². The van der Waals surface area contributed by atoms with Crippen LogP contribution in [0.2, 0.25) is 0 Å². The van der Waals surface area contributed by atoms with Gasteiger partial charge in [-0.05, 0) is 6.42 Å². The molecule has 2 rings (SSSR count). The molecule has 1 fully saturated rings. The van der Waals surface area contributed by atoms with E-state index in [0.29, 0.717) is 0 Å². The van der Waals surface area contributed by atoms with Gasteiger partial charge in [0.05, 0.1) is 18.2 Å². The molecule has 4 atom stereocenters. The topological polar surface area (TPSA) is 116 Å². The molecular weight excluding hydrogens is 276 g/mol. The monoisotopic (exact) mass is 294 g/mol. The number of aliphatic hydroxyl groups excluding tert-OH is 1. The number of aliphatic carboxylic acids is 1. The van der Waals surface area contributed by atoms with Crippen LogP contribution >= 0.6 is 0 Å². The van der Waals surface area contributed by atoms with Gasteiger partial charge in [0.15, 0.2) is 11.2 Å². The standard InChI is InChI=1S/C14H18N2O5/c1-8(17)16-11-4-2-3-5-14(11,13(20)21)12(19)10-6-9(18)7-15-10/h2-5,9-11,15,18H,6-7H2,1H3,(H,16,17)(H,20,21)/t9-,10+,11?,14?/m1/s1. The smallest absolute Gasteiger partial charge is 0.323 e. The summed E-state index contributed by atoms with van der Waals surface area (Å²) >= 11 is 0. The van der Waals surface area contributed by atoms with Gasteiger partial charge < -0.3 is 20.8 Å². The Morgan fingerprint density at radius 3 is 2.57 bits per heavy atom. The van der Waals surface area contributed by atoms with Crippen molar-refractivity contribution in [3.05, 3.63) is 24.3 Å². The van der Waals surface area contributed by atoms with Crippen molar-refractivity contribution in [3.63, 3.8) is 0 Å². The number of carbonyl (C=O) groups excluding carboxylic acids is 2. The third-order valence-electron chi connectivity index (χ3n) is 3.81. The fourth-order valence-electron chi connectivity index (χ4n) is 2.77. The number of carboxylic acids is 1. The Hall–Kier alpha value is -1.99. The maximum atomic E-state index is 12.7. The summed E-state index contributed by atoms with van der Waals surface area (Å²) in [5.41, 5.74) is -1.86. The van der Waals surface area contributed by atoms with Crippen LogP contribution < -0.4 is 10.6 Å². The minimum absolute atomic E-state index is 0.165. The molecule has 0 radical (unpaired) electrons. The molecule has 2 aliphatic rings. The van der Waals surface area contributed by atoms with Crippen molar-refractivity contribution in [1.29, 1.82) is 0 Å². The number of hydrogen-bond donors (Lipinski definition) is 4. The van der Waals surface area contributed by atoms with Gasteiger partial charge in [0.1, 0.15) is 0 Å². The lowest BCUT2D eigenvalue weighted by atomic mass is 9.71. The number of carbonyl (C=O) groups is 3. The Labute approximate surface area is 121 Å². The molecule has 4 N–H and O–H groups in total. The summed E-state index contributed by atoms with van der Waals surface area (Å²) in [6.07, 6.45) is 5.34. The molecule has 0 aromatic heterocycles. The first-order chi connectivity index (χ1) is 9.87. The highest BCUT2D eigenvalue weighted by Crippen LogP contribution is 2.33. The van der Waals surface area contributed by atoms with E-state index in [9.17, 15) is 24.6 Å². The molecule has 21 heavy (non-hydrogen) atoms. The number of β-amino-alcohol motifs (C(OH)–C–C–N with tert-alkyl or cyclic N) is 1. The lowest BCUT2D eigenvalue weighted by Gasteiger charge is -2.35. The molecule has 0 bridgehead atoms. The number of rotatable bonds is 4. The van der Waals surface area contributed by atoms with Gasteiger partial charge in [-0.1, -0.05) is 24.3 Å². The minimum Gasteiger partial charge on any atom is -0.480 e. The second-order valence-corrected chi connectivity index (χ2v) is 5.31. The maximum absolute atomic E-state index is 12.7. The Morgan fingerprint density at radius 2 is 2.05 bits per heavy atom. The maximum Gasteiger partial charge on any atom is 0.323 e. The highest BCUT2D eigenvalue weighted by Gasteiger charge is 2.53. The first-order valence-corrected chi connectivity index (χ1v) is 6.70. The van der Waals surface area contributed by atoms with Crippen molar-refractivity contribution in [2.45, 2.75) is 31.5 Å². The molecule has 1 heterocycles. The van der Waals surface area contributed by atoms with Crippen LogP contribution in [0.4, 0.5) is 0 Å². The van der Waals surface area contributed by atoms with E-state index in [0.717, 1.165) is 0 Å². The van der Waals surface area contributed by atoms with Crippen LogP contribution in [0.1, 0.15) is 13.3 Å². The molecule has 0 aromatic carbocycles. The van der Waals surface area contributed by atoms with E-state index in [4.69, 9.17) is 0 Å². The number of hydrogen-bond acceptors (Lipinski definition) is 5. The summed E-state index contributed by atoms with van der Waals surface area (Å²) in [6.45, 7) is 1.51. The predicted octanol–water partition coefficient (Wildman–Crippen LogP) is -1.02. The zero-order valence-electron chi connectivity index (χ0n) is 11.6. The van der Waals surface area contributed by atoms with Crippen LogP contribution in [0.3, 0.4) is 0 Å². The van der Waals surface area contributed by atoms with Crippen molar-refractivity contribution in [2.75, 3.05) is 6.54 Å². The average Bonchev–Trinajstić information content (AvgIpc) is 2.84. The van der Waals surface area contributed by atoms with E-state index < -0.39 is 41.3 Å². The van der Waals surface area contributed by atoms with Gasteiger partial charge in [0, 0.05) is 13.5 Å². The van der Waals surface area contributed by atoms with Crippen LogP contribution in [-0.4, -0.2) is 52.6 Å². The fraction of sp³-hybridized carbons (Fsp3) is 0.500. The first kappa shape index (κ1) is 15.4. The van der Waals surface area contributed by atoms with Crippen LogP contribution in [0, 0.1) is 5.41 Å².